The minimum absolute atomic E-state index is 0.0557. The molecule has 0 aromatic carbocycles. The van der Waals surface area contributed by atoms with Gasteiger partial charge < -0.3 is 5.32 Å². The van der Waals surface area contributed by atoms with Crippen LogP contribution in [0.3, 0.4) is 0 Å². The molecule has 1 aromatic heterocycles. The molecule has 6 heteroatoms. The van der Waals surface area contributed by atoms with E-state index in [4.69, 9.17) is 0 Å². The SMILES string of the molecule is CCNC(CCc1ccnn1C)C1CCCCS1(=O)=O. The highest BCUT2D eigenvalue weighted by molar-refractivity contribution is 7.92. The Balaban J connectivity index is 2.04. The highest BCUT2D eigenvalue weighted by Crippen LogP contribution is 2.24. The number of sulfone groups is 1. The average Bonchev–Trinajstić information content (AvgIpc) is 2.80. The van der Waals surface area contributed by atoms with Crippen LogP contribution in [0.4, 0.5) is 0 Å². The van der Waals surface area contributed by atoms with Crippen molar-refractivity contribution >= 4 is 9.84 Å². The third-order valence-electron chi connectivity index (χ3n) is 4.18. The summed E-state index contributed by atoms with van der Waals surface area (Å²) in [5.74, 6) is 0.352. The van der Waals surface area contributed by atoms with Gasteiger partial charge in [0.25, 0.3) is 0 Å². The molecule has 114 valence electrons. The van der Waals surface area contributed by atoms with Crippen molar-refractivity contribution in [2.24, 2.45) is 7.05 Å². The van der Waals surface area contributed by atoms with Gasteiger partial charge in [-0.2, -0.15) is 5.10 Å². The van der Waals surface area contributed by atoms with E-state index in [0.29, 0.717) is 5.75 Å². The van der Waals surface area contributed by atoms with Crippen LogP contribution in [0.1, 0.15) is 38.3 Å². The summed E-state index contributed by atoms with van der Waals surface area (Å²) in [6.07, 6.45) is 6.13. The van der Waals surface area contributed by atoms with Gasteiger partial charge in [-0.1, -0.05) is 13.3 Å². The third-order valence-corrected chi connectivity index (χ3v) is 6.52. The second-order valence-electron chi connectivity index (χ2n) is 5.55. The Labute approximate surface area is 121 Å². The molecule has 0 amide bonds. The molecule has 2 rings (SSSR count). The maximum absolute atomic E-state index is 12.3. The molecule has 1 N–H and O–H groups in total. The molecule has 0 bridgehead atoms. The summed E-state index contributed by atoms with van der Waals surface area (Å²) < 4.78 is 26.4. The number of hydrogen-bond acceptors (Lipinski definition) is 4. The van der Waals surface area contributed by atoms with Gasteiger partial charge in [0.1, 0.15) is 0 Å². The number of aromatic nitrogens is 2. The van der Waals surface area contributed by atoms with Gasteiger partial charge >= 0.3 is 0 Å². The van der Waals surface area contributed by atoms with Gasteiger partial charge in [0, 0.05) is 25.0 Å². The predicted molar refractivity (Wildman–Crippen MR) is 80.4 cm³/mol. The van der Waals surface area contributed by atoms with E-state index in [-0.39, 0.29) is 11.3 Å². The molecular weight excluding hydrogens is 274 g/mol. The van der Waals surface area contributed by atoms with Crippen LogP contribution < -0.4 is 5.32 Å². The maximum atomic E-state index is 12.3. The maximum Gasteiger partial charge on any atom is 0.154 e. The van der Waals surface area contributed by atoms with E-state index >= 15 is 0 Å². The molecule has 1 saturated heterocycles. The zero-order valence-corrected chi connectivity index (χ0v) is 13.2. The van der Waals surface area contributed by atoms with Gasteiger partial charge in [0.15, 0.2) is 9.84 Å². The number of aryl methyl sites for hydroxylation is 2. The van der Waals surface area contributed by atoms with Crippen LogP contribution in [0.15, 0.2) is 12.3 Å². The summed E-state index contributed by atoms with van der Waals surface area (Å²) >= 11 is 0. The Morgan fingerprint density at radius 2 is 2.30 bits per heavy atom. The van der Waals surface area contributed by atoms with Crippen molar-refractivity contribution in [3.05, 3.63) is 18.0 Å². The lowest BCUT2D eigenvalue weighted by Gasteiger charge is -2.30. The summed E-state index contributed by atoms with van der Waals surface area (Å²) in [4.78, 5) is 0. The lowest BCUT2D eigenvalue weighted by molar-refractivity contribution is 0.420. The zero-order valence-electron chi connectivity index (χ0n) is 12.4. The predicted octanol–water partition coefficient (Wildman–Crippen LogP) is 1.30. The van der Waals surface area contributed by atoms with E-state index in [1.165, 1.54) is 0 Å². The fraction of sp³-hybridized carbons (Fsp3) is 0.786. The monoisotopic (exact) mass is 299 g/mol. The first-order valence-corrected chi connectivity index (χ1v) is 9.18. The summed E-state index contributed by atoms with van der Waals surface area (Å²) in [6.45, 7) is 2.84. The van der Waals surface area contributed by atoms with Gasteiger partial charge in [-0.3, -0.25) is 4.68 Å². The summed E-state index contributed by atoms with van der Waals surface area (Å²) in [5, 5.41) is 7.32. The van der Waals surface area contributed by atoms with Crippen LogP contribution in [-0.4, -0.2) is 41.8 Å². The first-order valence-electron chi connectivity index (χ1n) is 7.46. The number of hydrogen-bond donors (Lipinski definition) is 1. The summed E-state index contributed by atoms with van der Waals surface area (Å²) in [5.41, 5.74) is 1.15. The summed E-state index contributed by atoms with van der Waals surface area (Å²) in [7, 11) is -1.01. The molecule has 0 radical (unpaired) electrons. The molecule has 2 unspecified atom stereocenters. The first-order chi connectivity index (χ1) is 9.54. The fourth-order valence-corrected chi connectivity index (χ4v) is 5.23. The van der Waals surface area contributed by atoms with Crippen molar-refractivity contribution in [3.63, 3.8) is 0 Å². The minimum Gasteiger partial charge on any atom is -0.313 e. The largest absolute Gasteiger partial charge is 0.313 e. The first kappa shape index (κ1) is 15.5. The van der Waals surface area contributed by atoms with Crippen molar-refractivity contribution in [1.29, 1.82) is 0 Å². The highest BCUT2D eigenvalue weighted by Gasteiger charge is 2.34. The molecule has 0 saturated carbocycles. The lowest BCUT2D eigenvalue weighted by Crippen LogP contribution is -2.46. The molecule has 2 atom stereocenters. The van der Waals surface area contributed by atoms with Gasteiger partial charge in [-0.25, -0.2) is 8.42 Å². The van der Waals surface area contributed by atoms with E-state index in [2.05, 4.69) is 10.4 Å². The molecule has 1 aliphatic heterocycles. The van der Waals surface area contributed by atoms with E-state index in [1.54, 1.807) is 6.20 Å². The molecule has 2 heterocycles. The Kier molecular flexibility index (Phi) is 5.21. The van der Waals surface area contributed by atoms with Crippen molar-refractivity contribution in [3.8, 4) is 0 Å². The van der Waals surface area contributed by atoms with Gasteiger partial charge in [-0.05, 0) is 38.3 Å². The zero-order chi connectivity index (χ0) is 14.6. The molecular formula is C14H25N3O2S. The van der Waals surface area contributed by atoms with Crippen LogP contribution in [0, 0.1) is 0 Å². The number of nitrogens with zero attached hydrogens (tertiary/aromatic N) is 2. The van der Waals surface area contributed by atoms with E-state index < -0.39 is 9.84 Å². The minimum atomic E-state index is -2.93. The second-order valence-corrected chi connectivity index (χ2v) is 7.89. The molecule has 1 aliphatic rings. The van der Waals surface area contributed by atoms with Crippen molar-refractivity contribution in [1.82, 2.24) is 15.1 Å². The lowest BCUT2D eigenvalue weighted by atomic mass is 10.0. The Morgan fingerprint density at radius 3 is 2.90 bits per heavy atom. The molecule has 1 aromatic rings. The van der Waals surface area contributed by atoms with Gasteiger partial charge in [-0.15, -0.1) is 0 Å². The fourth-order valence-electron chi connectivity index (χ4n) is 3.06. The second kappa shape index (κ2) is 6.72. The van der Waals surface area contributed by atoms with Crippen LogP contribution in [0.5, 0.6) is 0 Å². The van der Waals surface area contributed by atoms with Gasteiger partial charge in [0.05, 0.1) is 11.0 Å². The third kappa shape index (κ3) is 3.61. The topological polar surface area (TPSA) is 64.0 Å². The highest BCUT2D eigenvalue weighted by atomic mass is 32.2. The molecule has 20 heavy (non-hydrogen) atoms. The van der Waals surface area contributed by atoms with Crippen LogP contribution in [0.25, 0.3) is 0 Å². The molecule has 1 fully saturated rings. The van der Waals surface area contributed by atoms with Crippen LogP contribution in [0.2, 0.25) is 0 Å². The normalized spacial score (nSPS) is 23.6. The Hall–Kier alpha value is -0.880. The van der Waals surface area contributed by atoms with Crippen molar-refractivity contribution in [2.45, 2.75) is 50.3 Å². The average molecular weight is 299 g/mol. The molecule has 0 spiro atoms. The van der Waals surface area contributed by atoms with Crippen LogP contribution >= 0.6 is 0 Å². The standard InChI is InChI=1S/C14H25N3O2S/c1-3-15-13(8-7-12-9-10-16-17(12)2)14-6-4-5-11-20(14,18)19/h9-10,13-15H,3-8,11H2,1-2H3. The number of nitrogens with one attached hydrogen (secondary N) is 1. The quantitative estimate of drug-likeness (QED) is 0.860. The van der Waals surface area contributed by atoms with Crippen molar-refractivity contribution < 1.29 is 8.42 Å². The molecule has 0 aliphatic carbocycles. The number of rotatable bonds is 6. The van der Waals surface area contributed by atoms with Crippen molar-refractivity contribution in [2.75, 3.05) is 12.3 Å². The Morgan fingerprint density at radius 1 is 1.50 bits per heavy atom. The van der Waals surface area contributed by atoms with Gasteiger partial charge in [0.2, 0.25) is 0 Å². The Bertz CT molecular complexity index is 524. The molecule has 5 nitrogen and oxygen atoms in total. The van der Waals surface area contributed by atoms with E-state index in [0.717, 1.165) is 44.3 Å². The smallest absolute Gasteiger partial charge is 0.154 e. The van der Waals surface area contributed by atoms with E-state index in [9.17, 15) is 8.42 Å². The van der Waals surface area contributed by atoms with E-state index in [1.807, 2.05) is 24.7 Å². The van der Waals surface area contributed by atoms with Crippen LogP contribution in [-0.2, 0) is 23.3 Å². The summed E-state index contributed by atoms with van der Waals surface area (Å²) in [6, 6.07) is 2.05.